The Balaban J connectivity index is 2.17. The van der Waals surface area contributed by atoms with E-state index in [0.29, 0.717) is 17.1 Å². The molecule has 3 rings (SSSR count). The number of rotatable bonds is 3. The van der Waals surface area contributed by atoms with Crippen molar-refractivity contribution < 1.29 is 14.4 Å². The number of methoxy groups -OCH3 is 1. The van der Waals surface area contributed by atoms with Gasteiger partial charge in [0.05, 0.1) is 18.1 Å². The third-order valence-corrected chi connectivity index (χ3v) is 5.52. The molecule has 1 aromatic rings. The smallest absolute Gasteiger partial charge is 0.274 e. The van der Waals surface area contributed by atoms with Crippen molar-refractivity contribution in [2.24, 2.45) is 0 Å². The average molecular weight is 322 g/mol. The molecule has 0 amide bonds. The molecule has 1 saturated heterocycles. The van der Waals surface area contributed by atoms with Crippen LogP contribution >= 0.6 is 11.8 Å². The van der Waals surface area contributed by atoms with Crippen LogP contribution in [0.25, 0.3) is 6.08 Å². The molecule has 2 aliphatic rings. The fourth-order valence-electron chi connectivity index (χ4n) is 2.91. The molecule has 0 aromatic heterocycles. The summed E-state index contributed by atoms with van der Waals surface area (Å²) in [6.45, 7) is 3.01. The second-order valence-electron chi connectivity index (χ2n) is 5.30. The van der Waals surface area contributed by atoms with Crippen LogP contribution in [0, 0.1) is 10.1 Å². The van der Waals surface area contributed by atoms with Crippen molar-refractivity contribution in [1.82, 2.24) is 4.90 Å². The molecule has 22 heavy (non-hydrogen) atoms. The molecule has 1 aromatic carbocycles. The summed E-state index contributed by atoms with van der Waals surface area (Å²) in [4.78, 5) is 12.8. The van der Waals surface area contributed by atoms with Crippen LogP contribution in [0.4, 0.5) is 5.69 Å². The van der Waals surface area contributed by atoms with Crippen LogP contribution < -0.4 is 9.47 Å². The SMILES string of the molecule is CCC1=Cc2cc([N+](=O)[O-])cc(OC)c2OC12SCCN2C. The van der Waals surface area contributed by atoms with Gasteiger partial charge in [0.2, 0.25) is 5.06 Å². The first-order valence-electron chi connectivity index (χ1n) is 7.13. The van der Waals surface area contributed by atoms with E-state index in [-0.39, 0.29) is 5.69 Å². The maximum Gasteiger partial charge on any atom is 0.274 e. The summed E-state index contributed by atoms with van der Waals surface area (Å²) < 4.78 is 11.6. The maximum absolute atomic E-state index is 11.1. The Hall–Kier alpha value is -1.73. The van der Waals surface area contributed by atoms with Crippen LogP contribution in [-0.2, 0) is 0 Å². The molecule has 1 unspecified atom stereocenters. The topological polar surface area (TPSA) is 64.8 Å². The van der Waals surface area contributed by atoms with Crippen molar-refractivity contribution in [2.75, 3.05) is 26.5 Å². The zero-order valence-corrected chi connectivity index (χ0v) is 13.6. The molecular formula is C15H18N2O4S. The first-order valence-corrected chi connectivity index (χ1v) is 8.12. The molecule has 2 aliphatic heterocycles. The van der Waals surface area contributed by atoms with Crippen molar-refractivity contribution in [3.05, 3.63) is 33.4 Å². The Bertz CT molecular complexity index is 661. The fourth-order valence-corrected chi connectivity index (χ4v) is 4.40. The van der Waals surface area contributed by atoms with E-state index in [4.69, 9.17) is 9.47 Å². The zero-order chi connectivity index (χ0) is 15.9. The summed E-state index contributed by atoms with van der Waals surface area (Å²) >= 11 is 1.75. The molecule has 0 N–H and O–H groups in total. The normalized spacial score (nSPS) is 23.9. The second-order valence-corrected chi connectivity index (χ2v) is 6.55. The molecule has 0 aliphatic carbocycles. The molecule has 6 nitrogen and oxygen atoms in total. The molecular weight excluding hydrogens is 304 g/mol. The number of nitro groups is 1. The minimum Gasteiger partial charge on any atom is -0.493 e. The fraction of sp³-hybridized carbons (Fsp3) is 0.467. The van der Waals surface area contributed by atoms with Crippen molar-refractivity contribution >= 4 is 23.5 Å². The number of fused-ring (bicyclic) bond motifs is 1. The Kier molecular flexibility index (Phi) is 3.78. The number of ether oxygens (including phenoxy) is 2. The predicted octanol–water partition coefficient (Wildman–Crippen LogP) is 3.12. The van der Waals surface area contributed by atoms with Gasteiger partial charge >= 0.3 is 0 Å². The number of nitro benzene ring substituents is 1. The number of likely N-dealkylation sites (N-methyl/N-ethyl adjacent to an activating group) is 1. The van der Waals surface area contributed by atoms with E-state index < -0.39 is 9.98 Å². The number of non-ortho nitro benzene ring substituents is 1. The molecule has 1 atom stereocenters. The van der Waals surface area contributed by atoms with Crippen LogP contribution in [-0.4, -0.2) is 41.3 Å². The van der Waals surface area contributed by atoms with Crippen LogP contribution in [0.2, 0.25) is 0 Å². The van der Waals surface area contributed by atoms with Gasteiger partial charge in [0.25, 0.3) is 5.69 Å². The molecule has 1 spiro atoms. The predicted molar refractivity (Wildman–Crippen MR) is 86.4 cm³/mol. The minimum atomic E-state index is -0.523. The lowest BCUT2D eigenvalue weighted by Gasteiger charge is -2.40. The molecule has 2 heterocycles. The summed E-state index contributed by atoms with van der Waals surface area (Å²) in [5.41, 5.74) is 1.83. The highest BCUT2D eigenvalue weighted by molar-refractivity contribution is 8.00. The van der Waals surface area contributed by atoms with Gasteiger partial charge in [0, 0.05) is 23.9 Å². The number of hydrogen-bond donors (Lipinski definition) is 0. The van der Waals surface area contributed by atoms with Crippen molar-refractivity contribution in [2.45, 2.75) is 18.4 Å². The van der Waals surface area contributed by atoms with Crippen LogP contribution in [0.1, 0.15) is 18.9 Å². The molecule has 0 radical (unpaired) electrons. The van der Waals surface area contributed by atoms with Crippen molar-refractivity contribution in [3.8, 4) is 11.5 Å². The van der Waals surface area contributed by atoms with Crippen LogP contribution in [0.5, 0.6) is 11.5 Å². The number of benzene rings is 1. The van der Waals surface area contributed by atoms with E-state index >= 15 is 0 Å². The van der Waals surface area contributed by atoms with Gasteiger partial charge in [-0.3, -0.25) is 15.0 Å². The van der Waals surface area contributed by atoms with Gasteiger partial charge in [-0.2, -0.15) is 0 Å². The van der Waals surface area contributed by atoms with Crippen LogP contribution in [0.15, 0.2) is 17.7 Å². The van der Waals surface area contributed by atoms with E-state index in [1.165, 1.54) is 13.2 Å². The molecule has 7 heteroatoms. The van der Waals surface area contributed by atoms with Gasteiger partial charge in [-0.15, -0.1) is 0 Å². The highest BCUT2D eigenvalue weighted by atomic mass is 32.2. The van der Waals surface area contributed by atoms with Gasteiger partial charge in [0.1, 0.15) is 0 Å². The van der Waals surface area contributed by atoms with E-state index in [1.807, 2.05) is 13.1 Å². The number of nitrogens with zero attached hydrogens (tertiary/aromatic N) is 2. The van der Waals surface area contributed by atoms with Crippen molar-refractivity contribution in [1.29, 1.82) is 0 Å². The lowest BCUT2D eigenvalue weighted by atomic mass is 10.0. The summed E-state index contributed by atoms with van der Waals surface area (Å²) in [6.07, 6.45) is 2.82. The third kappa shape index (κ3) is 2.16. The number of thioether (sulfide) groups is 1. The Labute approximate surface area is 133 Å². The summed E-state index contributed by atoms with van der Waals surface area (Å²) in [5.74, 6) is 1.96. The first-order chi connectivity index (χ1) is 10.5. The third-order valence-electron chi connectivity index (χ3n) is 4.08. The van der Waals surface area contributed by atoms with E-state index in [1.54, 1.807) is 17.8 Å². The highest BCUT2D eigenvalue weighted by Gasteiger charge is 2.48. The maximum atomic E-state index is 11.1. The van der Waals surface area contributed by atoms with E-state index in [2.05, 4.69) is 11.8 Å². The molecule has 0 bridgehead atoms. The molecule has 1 fully saturated rings. The highest BCUT2D eigenvalue weighted by Crippen LogP contribution is 2.51. The molecule has 118 valence electrons. The van der Waals surface area contributed by atoms with Gasteiger partial charge in [-0.05, 0) is 25.1 Å². The van der Waals surface area contributed by atoms with Crippen LogP contribution in [0.3, 0.4) is 0 Å². The zero-order valence-electron chi connectivity index (χ0n) is 12.8. The minimum absolute atomic E-state index is 0.00860. The first kappa shape index (κ1) is 15.2. The lowest BCUT2D eigenvalue weighted by molar-refractivity contribution is -0.385. The number of hydrogen-bond acceptors (Lipinski definition) is 6. The largest absolute Gasteiger partial charge is 0.493 e. The van der Waals surface area contributed by atoms with Gasteiger partial charge in [-0.25, -0.2) is 0 Å². The summed E-state index contributed by atoms with van der Waals surface area (Å²) in [7, 11) is 3.53. The standard InChI is InChI=1S/C15H18N2O4S/c1-4-11-7-10-8-12(17(18)19)9-13(20-3)14(10)21-15(11)16(2)5-6-22-15/h7-9H,4-6H2,1-3H3. The Morgan fingerprint density at radius 1 is 1.55 bits per heavy atom. The van der Waals surface area contributed by atoms with Crippen molar-refractivity contribution in [3.63, 3.8) is 0 Å². The lowest BCUT2D eigenvalue weighted by Crippen LogP contribution is -2.47. The average Bonchev–Trinajstić information content (AvgIpc) is 2.87. The second kappa shape index (κ2) is 5.48. The Morgan fingerprint density at radius 3 is 2.86 bits per heavy atom. The van der Waals surface area contributed by atoms with Gasteiger partial charge in [0.15, 0.2) is 11.5 Å². The molecule has 0 saturated carbocycles. The van der Waals surface area contributed by atoms with Gasteiger partial charge in [-0.1, -0.05) is 18.7 Å². The Morgan fingerprint density at radius 2 is 2.32 bits per heavy atom. The summed E-state index contributed by atoms with van der Waals surface area (Å²) in [6, 6.07) is 2.96. The monoisotopic (exact) mass is 322 g/mol. The summed E-state index contributed by atoms with van der Waals surface area (Å²) in [5, 5.41) is 10.6. The van der Waals surface area contributed by atoms with E-state index in [9.17, 15) is 10.1 Å². The quantitative estimate of drug-likeness (QED) is 0.629. The van der Waals surface area contributed by atoms with Gasteiger partial charge < -0.3 is 9.47 Å². The van der Waals surface area contributed by atoms with E-state index in [0.717, 1.165) is 24.3 Å².